The molecule has 0 saturated carbocycles. The van der Waals surface area contributed by atoms with Crippen LogP contribution >= 0.6 is 11.6 Å². The Labute approximate surface area is 177 Å². The van der Waals surface area contributed by atoms with Gasteiger partial charge in [-0.2, -0.15) is 0 Å². The largest absolute Gasteiger partial charge is 0.483 e. The number of aliphatic imine (C=N–C) groups is 1. The Hall–Kier alpha value is -3.24. The van der Waals surface area contributed by atoms with Crippen LogP contribution in [0.4, 0.5) is 5.69 Å². The Morgan fingerprint density at radius 1 is 1.17 bits per heavy atom. The summed E-state index contributed by atoms with van der Waals surface area (Å²) in [7, 11) is 1.52. The van der Waals surface area contributed by atoms with Gasteiger partial charge < -0.3 is 15.8 Å². The first-order valence-corrected chi connectivity index (χ1v) is 9.48. The normalized spacial score (nSPS) is 12.1. The molecule has 2 rings (SSSR count). The van der Waals surface area contributed by atoms with Gasteiger partial charge in [0.05, 0.1) is 12.8 Å². The number of hydrogen-bond acceptors (Lipinski definition) is 4. The summed E-state index contributed by atoms with van der Waals surface area (Å²) in [5.41, 5.74) is 11.0. The first kappa shape index (κ1) is 22.1. The summed E-state index contributed by atoms with van der Waals surface area (Å²) in [6.45, 7) is 10.5. The highest BCUT2D eigenvalue weighted by molar-refractivity contribution is 6.65. The van der Waals surface area contributed by atoms with Crippen molar-refractivity contribution in [3.8, 4) is 11.1 Å². The second-order valence-corrected chi connectivity index (χ2v) is 6.84. The Bertz CT molecular complexity index is 955. The average molecular weight is 408 g/mol. The van der Waals surface area contributed by atoms with Gasteiger partial charge in [-0.1, -0.05) is 79.4 Å². The number of nitrogens with zero attached hydrogens (tertiary/aromatic N) is 1. The van der Waals surface area contributed by atoms with Crippen molar-refractivity contribution in [3.63, 3.8) is 0 Å². The van der Waals surface area contributed by atoms with E-state index in [0.29, 0.717) is 17.6 Å². The van der Waals surface area contributed by atoms with E-state index in [1.54, 1.807) is 19.1 Å². The molecule has 2 aromatic rings. The molecule has 5 heteroatoms. The second kappa shape index (κ2) is 10.9. The number of allylic oxidation sites excluding steroid dienone is 2. The lowest BCUT2D eigenvalue weighted by molar-refractivity contribution is 0.287. The van der Waals surface area contributed by atoms with E-state index in [4.69, 9.17) is 22.1 Å². The Kier molecular flexibility index (Phi) is 8.31. The van der Waals surface area contributed by atoms with Gasteiger partial charge >= 0.3 is 0 Å². The molecule has 0 fully saturated rings. The summed E-state index contributed by atoms with van der Waals surface area (Å²) in [6, 6.07) is 16.0. The maximum atomic E-state index is 6.06. The molecular weight excluding hydrogens is 382 g/mol. The van der Waals surface area contributed by atoms with Gasteiger partial charge in [0.25, 0.3) is 0 Å². The SMILES string of the molecule is C=C(/C=C\C=C(/N)OC)CNC(=C)c1c(/N=C(\C)Cl)cccc1-c1ccccc1. The summed E-state index contributed by atoms with van der Waals surface area (Å²) in [6.07, 6.45) is 5.31. The third kappa shape index (κ3) is 6.70. The maximum absolute atomic E-state index is 6.06. The Balaban J connectivity index is 2.28. The molecule has 0 heterocycles. The van der Waals surface area contributed by atoms with E-state index in [0.717, 1.165) is 33.6 Å². The fourth-order valence-corrected chi connectivity index (χ4v) is 2.78. The van der Waals surface area contributed by atoms with Gasteiger partial charge in [0.1, 0.15) is 5.17 Å². The Morgan fingerprint density at radius 3 is 2.55 bits per heavy atom. The Morgan fingerprint density at radius 2 is 1.90 bits per heavy atom. The van der Waals surface area contributed by atoms with Crippen molar-refractivity contribution in [2.24, 2.45) is 10.7 Å². The van der Waals surface area contributed by atoms with Crippen LogP contribution in [-0.4, -0.2) is 18.8 Å². The van der Waals surface area contributed by atoms with Crippen molar-refractivity contribution in [2.45, 2.75) is 6.92 Å². The zero-order valence-electron chi connectivity index (χ0n) is 16.8. The molecule has 0 unspecified atom stereocenters. The highest BCUT2D eigenvalue weighted by atomic mass is 35.5. The molecule has 0 saturated heterocycles. The van der Waals surface area contributed by atoms with E-state index in [-0.39, 0.29) is 0 Å². The van der Waals surface area contributed by atoms with Crippen LogP contribution in [0.2, 0.25) is 0 Å². The molecule has 3 N–H and O–H groups in total. The highest BCUT2D eigenvalue weighted by Crippen LogP contribution is 2.35. The molecule has 2 aromatic carbocycles. The summed E-state index contributed by atoms with van der Waals surface area (Å²) in [5, 5.41) is 3.79. The molecule has 0 bridgehead atoms. The van der Waals surface area contributed by atoms with E-state index >= 15 is 0 Å². The van der Waals surface area contributed by atoms with Crippen molar-refractivity contribution < 1.29 is 4.74 Å². The van der Waals surface area contributed by atoms with E-state index in [1.807, 2.05) is 42.5 Å². The zero-order chi connectivity index (χ0) is 21.2. The number of benzene rings is 2. The number of halogens is 1. The standard InChI is InChI=1S/C24H26ClN3O/c1-17(10-8-15-23(26)29-4)16-27-18(2)24-21(20-11-6-5-7-12-20)13-9-14-22(24)28-19(3)25/h5-15,27H,1-2,16,26H2,3-4H3/b10-8-,23-15+,28-19+. The lowest BCUT2D eigenvalue weighted by atomic mass is 9.96. The van der Waals surface area contributed by atoms with Crippen LogP contribution in [-0.2, 0) is 4.74 Å². The number of ether oxygens (including phenoxy) is 1. The number of rotatable bonds is 9. The smallest absolute Gasteiger partial charge is 0.183 e. The van der Waals surface area contributed by atoms with Crippen molar-refractivity contribution in [1.82, 2.24) is 5.32 Å². The topological polar surface area (TPSA) is 59.6 Å². The first-order valence-electron chi connectivity index (χ1n) is 9.10. The van der Waals surface area contributed by atoms with Crippen molar-refractivity contribution >= 4 is 28.2 Å². The molecule has 0 atom stereocenters. The van der Waals surface area contributed by atoms with E-state index in [2.05, 4.69) is 35.6 Å². The van der Waals surface area contributed by atoms with Crippen molar-refractivity contribution in [2.75, 3.05) is 13.7 Å². The molecule has 0 aromatic heterocycles. The molecule has 0 aliphatic heterocycles. The van der Waals surface area contributed by atoms with Gasteiger partial charge in [-0.15, -0.1) is 0 Å². The first-order chi connectivity index (χ1) is 13.9. The minimum atomic E-state index is 0.335. The molecule has 0 aliphatic rings. The van der Waals surface area contributed by atoms with E-state index < -0.39 is 0 Å². The average Bonchev–Trinajstić information content (AvgIpc) is 2.72. The van der Waals surface area contributed by atoms with Gasteiger partial charge in [0.2, 0.25) is 0 Å². The van der Waals surface area contributed by atoms with Crippen molar-refractivity contribution in [1.29, 1.82) is 0 Å². The fraction of sp³-hybridized carbons (Fsp3) is 0.125. The summed E-state index contributed by atoms with van der Waals surface area (Å²) >= 11 is 6.06. The predicted octanol–water partition coefficient (Wildman–Crippen LogP) is 5.76. The van der Waals surface area contributed by atoms with Crippen LogP contribution < -0.4 is 11.1 Å². The van der Waals surface area contributed by atoms with Gasteiger partial charge in [0.15, 0.2) is 5.88 Å². The van der Waals surface area contributed by atoms with Crippen LogP contribution in [0.1, 0.15) is 12.5 Å². The van der Waals surface area contributed by atoms with Crippen LogP contribution in [0.15, 0.2) is 96.4 Å². The third-order valence-electron chi connectivity index (χ3n) is 4.06. The molecule has 0 aliphatic carbocycles. The molecule has 29 heavy (non-hydrogen) atoms. The lowest BCUT2D eigenvalue weighted by Crippen LogP contribution is -2.14. The minimum Gasteiger partial charge on any atom is -0.483 e. The number of nitrogens with one attached hydrogen (secondary N) is 1. The number of methoxy groups -OCH3 is 1. The molecule has 150 valence electrons. The molecule has 0 spiro atoms. The summed E-state index contributed by atoms with van der Waals surface area (Å²) in [4.78, 5) is 4.48. The molecule has 0 amide bonds. The highest BCUT2D eigenvalue weighted by Gasteiger charge is 2.13. The van der Waals surface area contributed by atoms with Crippen LogP contribution in [0.25, 0.3) is 16.8 Å². The molecule has 4 nitrogen and oxygen atoms in total. The number of hydrogen-bond donors (Lipinski definition) is 2. The van der Waals surface area contributed by atoms with Gasteiger partial charge in [-0.05, 0) is 35.8 Å². The third-order valence-corrected chi connectivity index (χ3v) is 4.15. The van der Waals surface area contributed by atoms with Gasteiger partial charge in [-0.3, -0.25) is 0 Å². The van der Waals surface area contributed by atoms with Crippen molar-refractivity contribution in [3.05, 3.63) is 96.9 Å². The summed E-state index contributed by atoms with van der Waals surface area (Å²) in [5.74, 6) is 0.335. The maximum Gasteiger partial charge on any atom is 0.183 e. The monoisotopic (exact) mass is 407 g/mol. The van der Waals surface area contributed by atoms with Crippen LogP contribution in [0.5, 0.6) is 0 Å². The van der Waals surface area contributed by atoms with Gasteiger partial charge in [0, 0.05) is 17.8 Å². The summed E-state index contributed by atoms with van der Waals surface area (Å²) < 4.78 is 4.89. The van der Waals surface area contributed by atoms with Gasteiger partial charge in [-0.25, -0.2) is 4.99 Å². The predicted molar refractivity (Wildman–Crippen MR) is 125 cm³/mol. The molecular formula is C24H26ClN3O. The number of nitrogens with two attached hydrogens (primary N) is 1. The van der Waals surface area contributed by atoms with E-state index in [1.165, 1.54) is 7.11 Å². The minimum absolute atomic E-state index is 0.335. The van der Waals surface area contributed by atoms with Crippen LogP contribution in [0.3, 0.4) is 0 Å². The van der Waals surface area contributed by atoms with Crippen LogP contribution in [0, 0.1) is 0 Å². The fourth-order valence-electron chi connectivity index (χ4n) is 2.69. The van der Waals surface area contributed by atoms with E-state index in [9.17, 15) is 0 Å². The second-order valence-electron chi connectivity index (χ2n) is 6.30. The molecule has 0 radical (unpaired) electrons. The quantitative estimate of drug-likeness (QED) is 0.315. The lowest BCUT2D eigenvalue weighted by Gasteiger charge is -2.17. The zero-order valence-corrected chi connectivity index (χ0v) is 17.5.